The number of hydrogen-bond donors (Lipinski definition) is 0. The van der Waals surface area contributed by atoms with Crippen molar-refractivity contribution in [3.8, 4) is 0 Å². The normalized spacial score (nSPS) is 12.1. The van der Waals surface area contributed by atoms with Crippen molar-refractivity contribution in [2.24, 2.45) is 5.92 Å². The fourth-order valence-corrected chi connectivity index (χ4v) is 8.03. The molecule has 306 valence electrons. The average Bonchev–Trinajstić information content (AvgIpc) is 3.13. The van der Waals surface area contributed by atoms with Crippen LogP contribution in [0.1, 0.15) is 297 Å². The van der Waals surface area contributed by atoms with E-state index in [4.69, 9.17) is 4.74 Å². The zero-order valence-corrected chi connectivity index (χ0v) is 36.0. The van der Waals surface area contributed by atoms with Gasteiger partial charge in [0.05, 0.1) is 6.61 Å². The van der Waals surface area contributed by atoms with Crippen molar-refractivity contribution < 1.29 is 9.53 Å². The number of carbonyl (C=O) groups excluding carboxylic acids is 1. The molecule has 0 aliphatic carbocycles. The van der Waals surface area contributed by atoms with Crippen LogP contribution in [-0.2, 0) is 9.53 Å². The van der Waals surface area contributed by atoms with Gasteiger partial charge >= 0.3 is 5.97 Å². The molecule has 0 amide bonds. The van der Waals surface area contributed by atoms with Crippen LogP contribution < -0.4 is 0 Å². The summed E-state index contributed by atoms with van der Waals surface area (Å²) in [6.45, 7) is 7.56. The molecule has 0 saturated carbocycles. The molecule has 0 bridgehead atoms. The number of hydrogen-bond acceptors (Lipinski definition) is 2. The molecule has 0 rings (SSSR count). The van der Waals surface area contributed by atoms with Crippen LogP contribution >= 0.6 is 0 Å². The van der Waals surface area contributed by atoms with E-state index in [1.165, 1.54) is 257 Å². The van der Waals surface area contributed by atoms with E-state index >= 15 is 0 Å². The van der Waals surface area contributed by atoms with Crippen molar-refractivity contribution in [2.75, 3.05) is 6.61 Å². The lowest BCUT2D eigenvalue weighted by Crippen LogP contribution is -2.10. The van der Waals surface area contributed by atoms with Gasteiger partial charge in [0, 0.05) is 6.42 Å². The van der Waals surface area contributed by atoms with Crippen LogP contribution in [0.25, 0.3) is 0 Å². The molecule has 0 fully saturated rings. The van der Waals surface area contributed by atoms with E-state index in [1.807, 2.05) is 0 Å². The lowest BCUT2D eigenvalue weighted by Gasteiger charge is -2.17. The van der Waals surface area contributed by atoms with Crippen LogP contribution in [0.15, 0.2) is 0 Å². The van der Waals surface area contributed by atoms with Crippen molar-refractivity contribution in [2.45, 2.75) is 297 Å². The molecule has 0 heterocycles. The molecular formula is C49H98O2. The molecule has 0 radical (unpaired) electrons. The third-order valence-corrected chi connectivity index (χ3v) is 11.7. The molecule has 1 unspecified atom stereocenters. The lowest BCUT2D eigenvalue weighted by atomic mass is 9.91. The molecule has 0 saturated heterocycles. The van der Waals surface area contributed by atoms with E-state index in [-0.39, 0.29) is 5.97 Å². The summed E-state index contributed by atoms with van der Waals surface area (Å²) in [5.74, 6) is 0.800. The van der Waals surface area contributed by atoms with Crippen molar-refractivity contribution in [3.63, 3.8) is 0 Å². The first-order valence-electron chi connectivity index (χ1n) is 24.4. The largest absolute Gasteiger partial charge is 0.466 e. The smallest absolute Gasteiger partial charge is 0.305 e. The SMILES string of the molecule is CCCCCCCCCCCCCCCCCCCC(=O)OCCC(CCCCCCCCCCCC)CCCCCCCCCCCCCC. The van der Waals surface area contributed by atoms with E-state index in [2.05, 4.69) is 20.8 Å². The zero-order chi connectivity index (χ0) is 37.0. The maximum Gasteiger partial charge on any atom is 0.305 e. The Morgan fingerprint density at radius 3 is 0.824 bits per heavy atom. The topological polar surface area (TPSA) is 26.3 Å². The molecule has 0 aliphatic rings. The van der Waals surface area contributed by atoms with Gasteiger partial charge in [-0.15, -0.1) is 0 Å². The average molecular weight is 719 g/mol. The first kappa shape index (κ1) is 50.5. The molecule has 51 heavy (non-hydrogen) atoms. The van der Waals surface area contributed by atoms with Gasteiger partial charge in [0.15, 0.2) is 0 Å². The van der Waals surface area contributed by atoms with E-state index in [9.17, 15) is 4.79 Å². The Hall–Kier alpha value is -0.530. The molecule has 1 atom stereocenters. The third-order valence-electron chi connectivity index (χ3n) is 11.7. The molecule has 0 aromatic carbocycles. The van der Waals surface area contributed by atoms with Crippen molar-refractivity contribution >= 4 is 5.97 Å². The standard InChI is InChI=1S/C49H98O2/c1-4-7-10-13-16-19-22-24-25-26-27-28-30-33-36-39-42-45-49(50)51-47-46-48(43-40-37-34-31-21-18-15-12-9-6-3)44-41-38-35-32-29-23-20-17-14-11-8-5-2/h48H,4-47H2,1-3H3. The Bertz CT molecular complexity index is 630. The predicted molar refractivity (Wildman–Crippen MR) is 230 cm³/mol. The maximum atomic E-state index is 12.5. The highest BCUT2D eigenvalue weighted by Gasteiger charge is 2.11. The number of carbonyl (C=O) groups is 1. The lowest BCUT2D eigenvalue weighted by molar-refractivity contribution is -0.144. The number of rotatable bonds is 45. The van der Waals surface area contributed by atoms with Crippen molar-refractivity contribution in [3.05, 3.63) is 0 Å². The van der Waals surface area contributed by atoms with Crippen LogP contribution in [0.5, 0.6) is 0 Å². The Morgan fingerprint density at radius 2 is 0.549 bits per heavy atom. The molecule has 0 spiro atoms. The molecule has 0 N–H and O–H groups in total. The summed E-state index contributed by atoms with van der Waals surface area (Å²) in [5.41, 5.74) is 0. The van der Waals surface area contributed by atoms with Gasteiger partial charge in [0.1, 0.15) is 0 Å². The maximum absolute atomic E-state index is 12.5. The Balaban J connectivity index is 3.92. The van der Waals surface area contributed by atoms with Gasteiger partial charge < -0.3 is 4.74 Å². The van der Waals surface area contributed by atoms with Gasteiger partial charge in [-0.25, -0.2) is 0 Å². The molecule has 0 aromatic rings. The fourth-order valence-electron chi connectivity index (χ4n) is 8.03. The summed E-state index contributed by atoms with van der Waals surface area (Å²) in [6, 6.07) is 0. The van der Waals surface area contributed by atoms with E-state index in [0.717, 1.165) is 18.8 Å². The minimum Gasteiger partial charge on any atom is -0.466 e. The second-order valence-electron chi connectivity index (χ2n) is 16.9. The highest BCUT2D eigenvalue weighted by Crippen LogP contribution is 2.23. The third kappa shape index (κ3) is 43.8. The molecular weight excluding hydrogens is 621 g/mol. The van der Waals surface area contributed by atoms with E-state index in [1.54, 1.807) is 0 Å². The second-order valence-corrected chi connectivity index (χ2v) is 16.9. The molecule has 0 aliphatic heterocycles. The molecule has 0 aromatic heterocycles. The summed E-state index contributed by atoms with van der Waals surface area (Å²) >= 11 is 0. The van der Waals surface area contributed by atoms with Crippen molar-refractivity contribution in [1.29, 1.82) is 0 Å². The van der Waals surface area contributed by atoms with Crippen LogP contribution in [0.2, 0.25) is 0 Å². The van der Waals surface area contributed by atoms with Gasteiger partial charge in [-0.2, -0.15) is 0 Å². The van der Waals surface area contributed by atoms with E-state index < -0.39 is 0 Å². The minimum atomic E-state index is 0.0546. The first-order valence-corrected chi connectivity index (χ1v) is 24.4. The van der Waals surface area contributed by atoms with E-state index in [0.29, 0.717) is 13.0 Å². The van der Waals surface area contributed by atoms with Crippen LogP contribution in [0.3, 0.4) is 0 Å². The zero-order valence-electron chi connectivity index (χ0n) is 36.0. The highest BCUT2D eigenvalue weighted by molar-refractivity contribution is 5.69. The van der Waals surface area contributed by atoms with Crippen LogP contribution in [-0.4, -0.2) is 12.6 Å². The first-order chi connectivity index (χ1) is 25.2. The van der Waals surface area contributed by atoms with Crippen LogP contribution in [0, 0.1) is 5.92 Å². The van der Waals surface area contributed by atoms with Gasteiger partial charge in [-0.05, 0) is 18.8 Å². The fraction of sp³-hybridized carbons (Fsp3) is 0.980. The predicted octanol–water partition coefficient (Wildman–Crippen LogP) is 18.0. The summed E-state index contributed by atoms with van der Waals surface area (Å²) < 4.78 is 5.78. The van der Waals surface area contributed by atoms with Gasteiger partial charge in [-0.1, -0.05) is 278 Å². The Labute approximate surface area is 324 Å². The van der Waals surface area contributed by atoms with Gasteiger partial charge in [-0.3, -0.25) is 4.79 Å². The number of ether oxygens (including phenoxy) is 1. The Morgan fingerprint density at radius 1 is 0.314 bits per heavy atom. The monoisotopic (exact) mass is 719 g/mol. The second kappa shape index (κ2) is 45.6. The number of unbranched alkanes of at least 4 members (excludes halogenated alkanes) is 36. The molecule has 2 nitrogen and oxygen atoms in total. The summed E-state index contributed by atoms with van der Waals surface area (Å²) in [7, 11) is 0. The van der Waals surface area contributed by atoms with Crippen LogP contribution in [0.4, 0.5) is 0 Å². The summed E-state index contributed by atoms with van der Waals surface area (Å²) in [4.78, 5) is 12.5. The Kier molecular flexibility index (Phi) is 45.2. The summed E-state index contributed by atoms with van der Waals surface area (Å²) in [5, 5.41) is 0. The van der Waals surface area contributed by atoms with Crippen molar-refractivity contribution in [1.82, 2.24) is 0 Å². The van der Waals surface area contributed by atoms with Gasteiger partial charge in [0.25, 0.3) is 0 Å². The highest BCUT2D eigenvalue weighted by atomic mass is 16.5. The quantitative estimate of drug-likeness (QED) is 0.0463. The minimum absolute atomic E-state index is 0.0546. The van der Waals surface area contributed by atoms with Gasteiger partial charge in [0.2, 0.25) is 0 Å². The summed E-state index contributed by atoms with van der Waals surface area (Å²) in [6.07, 6.45) is 58.9. The molecule has 2 heteroatoms. The number of esters is 1.